The monoisotopic (exact) mass is 312 g/mol. The maximum atomic E-state index is 9.46. The molecule has 0 amide bonds. The normalized spacial score (nSPS) is 12.2. The molecule has 0 unspecified atom stereocenters. The van der Waals surface area contributed by atoms with Crippen molar-refractivity contribution in [2.75, 3.05) is 13.2 Å². The molecule has 0 bridgehead atoms. The van der Waals surface area contributed by atoms with Gasteiger partial charge in [0, 0.05) is 0 Å². The van der Waals surface area contributed by atoms with Crippen molar-refractivity contribution in [2.45, 2.75) is 43.8 Å². The Bertz CT molecular complexity index is 289. The third kappa shape index (κ3) is 19.9. The Balaban J connectivity index is 0. The van der Waals surface area contributed by atoms with Crippen LogP contribution in [-0.4, -0.2) is 13.2 Å². The summed E-state index contributed by atoms with van der Waals surface area (Å²) in [6, 6.07) is 0. The number of allylic oxidation sites excluding steroid dienone is 4. The predicted octanol–water partition coefficient (Wildman–Crippen LogP) is 2.98. The van der Waals surface area contributed by atoms with Gasteiger partial charge in [0.15, 0.2) is 0 Å². The second kappa shape index (κ2) is 15.0. The molecule has 0 atom stereocenters. The van der Waals surface area contributed by atoms with Crippen LogP contribution in [-0.2, 0) is 19.2 Å². The Kier molecular flexibility index (Phi) is 16.4. The molecule has 3 heteroatoms. The summed E-state index contributed by atoms with van der Waals surface area (Å²) in [6.07, 6.45) is 12.4. The molecule has 20 heavy (non-hydrogen) atoms. The SMILES string of the molecule is C=CCC[O-].C=CCC[O-].C[C](C)(C)[Ti+2][C]1=CC=CC1. The fraction of sp³-hybridized carbons (Fsp3) is 0.529. The fourth-order valence-electron chi connectivity index (χ4n) is 1.19. The van der Waals surface area contributed by atoms with Gasteiger partial charge < -0.3 is 10.2 Å². The van der Waals surface area contributed by atoms with Crippen molar-refractivity contribution in [1.82, 2.24) is 0 Å². The van der Waals surface area contributed by atoms with Gasteiger partial charge in [0.1, 0.15) is 0 Å². The van der Waals surface area contributed by atoms with Crippen molar-refractivity contribution in [2.24, 2.45) is 0 Å². The molecule has 0 aromatic carbocycles. The zero-order valence-corrected chi connectivity index (χ0v) is 14.7. The maximum absolute atomic E-state index is 9.46. The third-order valence-corrected chi connectivity index (χ3v) is 4.20. The quantitative estimate of drug-likeness (QED) is 0.579. The molecular formula is C17H28O2Ti. The van der Waals surface area contributed by atoms with E-state index in [2.05, 4.69) is 52.2 Å². The van der Waals surface area contributed by atoms with E-state index in [1.165, 1.54) is 6.42 Å². The standard InChI is InChI=1S/C5H5.2C4H7O.C4H9.Ti/c1-2-4-5-3-1;2*1-2-3-4-5;1-4(2)3;/h1-3H,4H2;2*2H,1,3-4H2;1-3H3;/q;2*-1;;+2. The fourth-order valence-corrected chi connectivity index (χ4v) is 3.32. The molecule has 0 saturated heterocycles. The van der Waals surface area contributed by atoms with Crippen LogP contribution in [0.5, 0.6) is 0 Å². The van der Waals surface area contributed by atoms with Crippen molar-refractivity contribution < 1.29 is 29.4 Å². The van der Waals surface area contributed by atoms with Crippen molar-refractivity contribution in [3.8, 4) is 0 Å². The molecule has 1 rings (SSSR count). The predicted molar refractivity (Wildman–Crippen MR) is 80.9 cm³/mol. The zero-order valence-electron chi connectivity index (χ0n) is 13.2. The Labute approximate surface area is 133 Å². The molecule has 2 nitrogen and oxygen atoms in total. The molecule has 0 spiro atoms. The Morgan fingerprint density at radius 3 is 1.85 bits per heavy atom. The van der Waals surface area contributed by atoms with Gasteiger partial charge in [0.2, 0.25) is 0 Å². The Morgan fingerprint density at radius 1 is 1.15 bits per heavy atom. The van der Waals surface area contributed by atoms with E-state index >= 15 is 0 Å². The van der Waals surface area contributed by atoms with E-state index in [0.29, 0.717) is 16.6 Å². The topological polar surface area (TPSA) is 46.1 Å². The van der Waals surface area contributed by atoms with Crippen LogP contribution >= 0.6 is 0 Å². The summed E-state index contributed by atoms with van der Waals surface area (Å²) >= 11 is 0.146. The molecule has 0 N–H and O–H groups in total. The second-order valence-corrected chi connectivity index (χ2v) is 9.00. The minimum absolute atomic E-state index is 0.0243. The van der Waals surface area contributed by atoms with Crippen LogP contribution in [0.25, 0.3) is 0 Å². The van der Waals surface area contributed by atoms with Gasteiger partial charge in [-0.25, -0.2) is 0 Å². The van der Waals surface area contributed by atoms with Gasteiger partial charge >= 0.3 is 72.2 Å². The first-order chi connectivity index (χ1) is 9.41. The number of rotatable bonds is 5. The van der Waals surface area contributed by atoms with E-state index < -0.39 is 0 Å². The summed E-state index contributed by atoms with van der Waals surface area (Å²) < 4.78 is 2.28. The van der Waals surface area contributed by atoms with Gasteiger partial charge in [-0.1, -0.05) is 25.0 Å². The zero-order chi connectivity index (χ0) is 15.9. The molecule has 0 aromatic heterocycles. The van der Waals surface area contributed by atoms with E-state index in [9.17, 15) is 10.2 Å². The number of hydrogen-bond donors (Lipinski definition) is 0. The molecule has 1 aliphatic rings. The molecule has 0 saturated carbocycles. The van der Waals surface area contributed by atoms with Crippen LogP contribution in [0.1, 0.15) is 40.0 Å². The molecule has 0 heterocycles. The van der Waals surface area contributed by atoms with E-state index in [0.717, 1.165) is 0 Å². The van der Waals surface area contributed by atoms with Crippen LogP contribution in [0.4, 0.5) is 0 Å². The Hall–Kier alpha value is -0.406. The summed E-state index contributed by atoms with van der Waals surface area (Å²) in [5.41, 5.74) is 0. The van der Waals surface area contributed by atoms with Crippen molar-refractivity contribution in [1.29, 1.82) is 0 Å². The number of hydrogen-bond acceptors (Lipinski definition) is 2. The van der Waals surface area contributed by atoms with Crippen LogP contribution < -0.4 is 10.2 Å². The van der Waals surface area contributed by atoms with Crippen LogP contribution in [0.3, 0.4) is 0 Å². The summed E-state index contributed by atoms with van der Waals surface area (Å²) in [5, 5.41) is 18.9. The van der Waals surface area contributed by atoms with E-state index in [4.69, 9.17) is 0 Å². The Morgan fingerprint density at radius 2 is 1.65 bits per heavy atom. The first-order valence-electron chi connectivity index (χ1n) is 6.93. The summed E-state index contributed by atoms with van der Waals surface area (Å²) in [5.74, 6) is 0. The van der Waals surface area contributed by atoms with Gasteiger partial charge in [-0.05, 0) is 0 Å². The molecular weight excluding hydrogens is 284 g/mol. The molecule has 1 aliphatic carbocycles. The van der Waals surface area contributed by atoms with Gasteiger partial charge in [0.05, 0.1) is 0 Å². The van der Waals surface area contributed by atoms with Crippen molar-refractivity contribution in [3.63, 3.8) is 0 Å². The third-order valence-electron chi connectivity index (χ3n) is 1.95. The van der Waals surface area contributed by atoms with Crippen molar-refractivity contribution >= 4 is 0 Å². The van der Waals surface area contributed by atoms with Crippen LogP contribution in [0.2, 0.25) is 3.72 Å². The molecule has 0 aromatic rings. The van der Waals surface area contributed by atoms with Crippen molar-refractivity contribution in [3.05, 3.63) is 47.4 Å². The first kappa shape index (κ1) is 21.9. The van der Waals surface area contributed by atoms with Crippen LogP contribution in [0.15, 0.2) is 47.4 Å². The average molecular weight is 312 g/mol. The van der Waals surface area contributed by atoms with Gasteiger partial charge in [0.25, 0.3) is 0 Å². The van der Waals surface area contributed by atoms with E-state index in [-0.39, 0.29) is 32.4 Å². The summed E-state index contributed by atoms with van der Waals surface area (Å²) in [4.78, 5) is 0. The van der Waals surface area contributed by atoms with Crippen LogP contribution in [0, 0.1) is 0 Å². The second-order valence-electron chi connectivity index (χ2n) is 5.26. The molecule has 112 valence electrons. The van der Waals surface area contributed by atoms with Gasteiger partial charge in [-0.3, -0.25) is 0 Å². The first-order valence-corrected chi connectivity index (χ1v) is 8.49. The van der Waals surface area contributed by atoms with E-state index in [1.807, 2.05) is 0 Å². The van der Waals surface area contributed by atoms with E-state index in [1.54, 1.807) is 16.0 Å². The average Bonchev–Trinajstić information content (AvgIpc) is 2.83. The molecule has 0 radical (unpaired) electrons. The van der Waals surface area contributed by atoms with Gasteiger partial charge in [-0.2, -0.15) is 0 Å². The summed E-state index contributed by atoms with van der Waals surface area (Å²) in [6.45, 7) is 13.7. The van der Waals surface area contributed by atoms with Gasteiger partial charge in [-0.15, -0.1) is 26.4 Å². The summed E-state index contributed by atoms with van der Waals surface area (Å²) in [7, 11) is 0. The minimum atomic E-state index is -0.0243. The molecule has 0 aliphatic heterocycles. The molecule has 0 fully saturated rings.